The maximum atomic E-state index is 12.5. The summed E-state index contributed by atoms with van der Waals surface area (Å²) >= 11 is 12.2. The van der Waals surface area contributed by atoms with Gasteiger partial charge >= 0.3 is 0 Å². The Hall–Kier alpha value is -1.79. The monoisotopic (exact) mass is 463 g/mol. The summed E-state index contributed by atoms with van der Waals surface area (Å²) in [6.45, 7) is 12.0. The molecule has 1 aliphatic heterocycles. The maximum Gasteiger partial charge on any atom is 0.256 e. The topological polar surface area (TPSA) is 47.6 Å². The first kappa shape index (κ1) is 22.9. The van der Waals surface area contributed by atoms with Gasteiger partial charge in [-0.05, 0) is 54.5 Å². The van der Waals surface area contributed by atoms with Crippen LogP contribution in [0.4, 0.5) is 5.69 Å². The second kappa shape index (κ2) is 8.75. The third-order valence-corrected chi connectivity index (χ3v) is 10.7. The first-order valence-corrected chi connectivity index (χ1v) is 13.5. The number of halogens is 2. The van der Waals surface area contributed by atoms with Crippen LogP contribution < -0.4 is 10.1 Å². The minimum Gasteiger partial charge on any atom is -0.491 e. The van der Waals surface area contributed by atoms with Crippen LogP contribution in [0.25, 0.3) is 11.6 Å². The predicted octanol–water partition coefficient (Wildman–Crippen LogP) is 6.89. The Morgan fingerprint density at radius 3 is 2.40 bits per heavy atom. The van der Waals surface area contributed by atoms with Crippen LogP contribution in [0, 0.1) is 0 Å². The van der Waals surface area contributed by atoms with E-state index in [0.29, 0.717) is 40.3 Å². The number of amides is 1. The molecule has 1 amide bonds. The normalized spacial score (nSPS) is 15.3. The Morgan fingerprint density at radius 1 is 1.03 bits per heavy atom. The molecule has 0 aromatic heterocycles. The minimum absolute atomic E-state index is 0.148. The number of nitrogens with one attached hydrogen (secondary N) is 1. The van der Waals surface area contributed by atoms with Crippen molar-refractivity contribution in [2.75, 3.05) is 18.5 Å². The quantitative estimate of drug-likeness (QED) is 0.288. The van der Waals surface area contributed by atoms with Crippen LogP contribution in [-0.2, 0) is 9.22 Å². The molecule has 30 heavy (non-hydrogen) atoms. The zero-order valence-electron chi connectivity index (χ0n) is 17.9. The highest BCUT2D eigenvalue weighted by Crippen LogP contribution is 2.38. The maximum absolute atomic E-state index is 12.5. The number of hydrogen-bond donors (Lipinski definition) is 1. The summed E-state index contributed by atoms with van der Waals surface area (Å²) in [4.78, 5) is 12.5. The van der Waals surface area contributed by atoms with Gasteiger partial charge in [0, 0.05) is 26.7 Å². The molecule has 0 fully saturated rings. The molecule has 0 spiro atoms. The van der Waals surface area contributed by atoms with Crippen molar-refractivity contribution < 1.29 is 14.0 Å². The number of fused-ring (bicyclic) bond motifs is 1. The molecule has 0 saturated carbocycles. The van der Waals surface area contributed by atoms with Gasteiger partial charge < -0.3 is 14.5 Å². The van der Waals surface area contributed by atoms with Crippen LogP contribution in [0.3, 0.4) is 0 Å². The Balaban J connectivity index is 1.79. The van der Waals surface area contributed by atoms with Crippen LogP contribution in [-0.4, -0.2) is 27.4 Å². The fourth-order valence-electron chi connectivity index (χ4n) is 2.89. The van der Waals surface area contributed by atoms with Crippen molar-refractivity contribution in [2.45, 2.75) is 38.9 Å². The fourth-order valence-corrected chi connectivity index (χ4v) is 4.27. The number of hydrogen-bond acceptors (Lipinski definition) is 3. The number of benzene rings is 2. The minimum atomic E-state index is -1.83. The van der Waals surface area contributed by atoms with Crippen LogP contribution in [0.2, 0.25) is 28.2 Å². The summed E-state index contributed by atoms with van der Waals surface area (Å²) < 4.78 is 12.2. The van der Waals surface area contributed by atoms with E-state index in [1.807, 2.05) is 12.1 Å². The molecule has 1 heterocycles. The van der Waals surface area contributed by atoms with E-state index < -0.39 is 8.32 Å². The fraction of sp³-hybridized carbons (Fsp3) is 0.348. The van der Waals surface area contributed by atoms with E-state index in [4.69, 9.17) is 32.4 Å². The third kappa shape index (κ3) is 5.09. The Kier molecular flexibility index (Phi) is 6.68. The summed E-state index contributed by atoms with van der Waals surface area (Å²) in [5.74, 6) is 0.473. The largest absolute Gasteiger partial charge is 0.491 e. The molecule has 3 rings (SSSR count). The van der Waals surface area contributed by atoms with E-state index in [2.05, 4.69) is 39.2 Å². The van der Waals surface area contributed by atoms with E-state index >= 15 is 0 Å². The first-order chi connectivity index (χ1) is 14.0. The molecule has 0 atom stereocenters. The Bertz CT molecular complexity index is 996. The number of ether oxygens (including phenoxy) is 1. The van der Waals surface area contributed by atoms with Gasteiger partial charge in [-0.15, -0.1) is 0 Å². The molecule has 0 aliphatic carbocycles. The van der Waals surface area contributed by atoms with Gasteiger partial charge in [-0.1, -0.05) is 50.0 Å². The van der Waals surface area contributed by atoms with Gasteiger partial charge in [0.25, 0.3) is 5.91 Å². The Labute approximate surface area is 189 Å². The molecule has 0 saturated heterocycles. The number of carbonyl (C=O) groups is 1. The van der Waals surface area contributed by atoms with Crippen molar-refractivity contribution in [1.82, 2.24) is 0 Å². The SMILES string of the molecule is CC(C)(C)[Si](C)(C)OCCOc1ccc(Cl)cc1/C=C1/C(=O)Nc2cc(Cl)ccc21. The van der Waals surface area contributed by atoms with Crippen LogP contribution in [0.1, 0.15) is 31.9 Å². The van der Waals surface area contributed by atoms with Gasteiger partial charge in [0.05, 0.1) is 12.3 Å². The summed E-state index contributed by atoms with van der Waals surface area (Å²) in [7, 11) is -1.83. The zero-order valence-corrected chi connectivity index (χ0v) is 20.4. The Morgan fingerprint density at radius 2 is 1.70 bits per heavy atom. The molecule has 0 radical (unpaired) electrons. The summed E-state index contributed by atoms with van der Waals surface area (Å²) in [6, 6.07) is 10.7. The van der Waals surface area contributed by atoms with Gasteiger partial charge in [-0.25, -0.2) is 0 Å². The zero-order chi connectivity index (χ0) is 22.1. The lowest BCUT2D eigenvalue weighted by Crippen LogP contribution is -2.41. The van der Waals surface area contributed by atoms with E-state index in [0.717, 1.165) is 11.1 Å². The van der Waals surface area contributed by atoms with Crippen molar-refractivity contribution in [3.05, 3.63) is 57.6 Å². The third-order valence-electron chi connectivity index (χ3n) is 5.65. The van der Waals surface area contributed by atoms with Crippen molar-refractivity contribution in [2.24, 2.45) is 0 Å². The van der Waals surface area contributed by atoms with E-state index in [1.165, 1.54) is 0 Å². The molecule has 0 bridgehead atoms. The summed E-state index contributed by atoms with van der Waals surface area (Å²) in [6.07, 6.45) is 1.80. The molecule has 1 aliphatic rings. The first-order valence-electron chi connectivity index (χ1n) is 9.87. The molecular formula is C23H27Cl2NO3Si. The second-order valence-electron chi connectivity index (χ2n) is 8.84. The summed E-state index contributed by atoms with van der Waals surface area (Å²) in [5, 5.41) is 4.14. The van der Waals surface area contributed by atoms with Crippen LogP contribution >= 0.6 is 23.2 Å². The lowest BCUT2D eigenvalue weighted by molar-refractivity contribution is -0.110. The average molecular weight is 464 g/mol. The van der Waals surface area contributed by atoms with Crippen LogP contribution in [0.5, 0.6) is 5.75 Å². The van der Waals surface area contributed by atoms with Gasteiger partial charge in [0.15, 0.2) is 8.32 Å². The molecule has 160 valence electrons. The van der Waals surface area contributed by atoms with Gasteiger partial charge in [0.1, 0.15) is 12.4 Å². The predicted molar refractivity (Wildman–Crippen MR) is 128 cm³/mol. The van der Waals surface area contributed by atoms with Crippen molar-refractivity contribution in [1.29, 1.82) is 0 Å². The molecular weight excluding hydrogens is 437 g/mol. The number of anilines is 1. The molecule has 0 unspecified atom stereocenters. The lowest BCUT2D eigenvalue weighted by Gasteiger charge is -2.36. The molecule has 4 nitrogen and oxygen atoms in total. The number of carbonyl (C=O) groups excluding carboxylic acids is 1. The van der Waals surface area contributed by atoms with Crippen molar-refractivity contribution in [3.8, 4) is 5.75 Å². The highest BCUT2D eigenvalue weighted by atomic mass is 35.5. The van der Waals surface area contributed by atoms with Crippen molar-refractivity contribution in [3.63, 3.8) is 0 Å². The van der Waals surface area contributed by atoms with E-state index in [-0.39, 0.29) is 10.9 Å². The number of rotatable bonds is 6. The summed E-state index contributed by atoms with van der Waals surface area (Å²) in [5.41, 5.74) is 2.79. The van der Waals surface area contributed by atoms with Crippen molar-refractivity contribution >= 4 is 54.8 Å². The molecule has 2 aromatic carbocycles. The van der Waals surface area contributed by atoms with E-state index in [9.17, 15) is 4.79 Å². The van der Waals surface area contributed by atoms with Gasteiger partial charge in [-0.2, -0.15) is 0 Å². The lowest BCUT2D eigenvalue weighted by atomic mass is 10.0. The van der Waals surface area contributed by atoms with Gasteiger partial charge in [0.2, 0.25) is 0 Å². The second-order valence-corrected chi connectivity index (χ2v) is 14.5. The van der Waals surface area contributed by atoms with E-state index in [1.54, 1.807) is 30.3 Å². The highest BCUT2D eigenvalue weighted by Gasteiger charge is 2.36. The standard InChI is InChI=1S/C23H27Cl2NO3Si/c1-23(2,3)30(4,5)29-11-10-28-21-9-7-16(24)12-15(21)13-19-18-8-6-17(25)14-20(18)26-22(19)27/h6-9,12-14H,10-11H2,1-5H3,(H,26,27)/b19-13+. The van der Waals surface area contributed by atoms with Gasteiger partial charge in [-0.3, -0.25) is 4.79 Å². The molecule has 1 N–H and O–H groups in total. The molecule has 2 aromatic rings. The average Bonchev–Trinajstić information content (AvgIpc) is 2.93. The molecule has 7 heteroatoms. The smallest absolute Gasteiger partial charge is 0.256 e. The highest BCUT2D eigenvalue weighted by molar-refractivity contribution is 6.74. The van der Waals surface area contributed by atoms with Crippen LogP contribution in [0.15, 0.2) is 36.4 Å².